The van der Waals surface area contributed by atoms with Gasteiger partial charge in [-0.25, -0.2) is 0 Å². The minimum Gasteiger partial charge on any atom is -0.365 e. The van der Waals surface area contributed by atoms with Crippen LogP contribution in [0.2, 0.25) is 0 Å². The Morgan fingerprint density at radius 3 is 2.47 bits per heavy atom. The topological polar surface area (TPSA) is 66.6 Å². The second-order valence-corrected chi connectivity index (χ2v) is 14.2. The number of hydrogen-bond acceptors (Lipinski definition) is 4. The number of ketones is 1. The lowest BCUT2D eigenvalue weighted by Crippen LogP contribution is -2.55. The van der Waals surface area contributed by atoms with Crippen LogP contribution in [0.25, 0.3) is 10.8 Å². The average Bonchev–Trinajstić information content (AvgIpc) is 2.98. The summed E-state index contributed by atoms with van der Waals surface area (Å²) >= 11 is 0. The van der Waals surface area contributed by atoms with Crippen LogP contribution in [0.1, 0.15) is 99.7 Å². The fraction of sp³-hybridized carbons (Fsp3) is 0.526. The van der Waals surface area contributed by atoms with Crippen molar-refractivity contribution in [3.63, 3.8) is 0 Å². The zero-order chi connectivity index (χ0) is 30.9. The van der Waals surface area contributed by atoms with Gasteiger partial charge in [-0.3, -0.25) is 9.59 Å². The average molecular weight is 582 g/mol. The molecule has 43 heavy (non-hydrogen) atoms. The molecule has 1 amide bonds. The van der Waals surface area contributed by atoms with E-state index in [0.29, 0.717) is 37.0 Å². The molecule has 2 aliphatic carbocycles. The van der Waals surface area contributed by atoms with E-state index in [9.17, 15) is 9.59 Å². The number of likely N-dealkylation sites (N-methyl/N-ethyl adjacent to an activating group) is 1. The summed E-state index contributed by atoms with van der Waals surface area (Å²) in [5.41, 5.74) is 12.4. The molecule has 0 aromatic heterocycles. The van der Waals surface area contributed by atoms with Gasteiger partial charge in [0.15, 0.2) is 5.78 Å². The fourth-order valence-corrected chi connectivity index (χ4v) is 8.29. The zero-order valence-corrected chi connectivity index (χ0v) is 27.2. The highest BCUT2D eigenvalue weighted by Gasteiger charge is 2.52. The molecule has 1 saturated carbocycles. The van der Waals surface area contributed by atoms with Gasteiger partial charge in [0.2, 0.25) is 5.91 Å². The maximum absolute atomic E-state index is 14.0. The molecule has 230 valence electrons. The molecule has 3 aromatic carbocycles. The normalized spacial score (nSPS) is 23.1. The molecule has 0 radical (unpaired) electrons. The Morgan fingerprint density at radius 2 is 1.74 bits per heavy atom. The van der Waals surface area contributed by atoms with Gasteiger partial charge in [-0.2, -0.15) is 0 Å². The predicted molar refractivity (Wildman–Crippen MR) is 179 cm³/mol. The van der Waals surface area contributed by atoms with E-state index in [2.05, 4.69) is 56.9 Å². The monoisotopic (exact) mass is 581 g/mol. The summed E-state index contributed by atoms with van der Waals surface area (Å²) in [5.74, 6) is 1.31. The SMILES string of the molecule is CC(=O)c1ccc2cc(N(C)CC(=O)N(CCCN)CC3(C)CCCC4(C)c5ccc(C(C)C)cc5CCC34)ccc2c1. The third-order valence-corrected chi connectivity index (χ3v) is 10.7. The number of benzene rings is 3. The van der Waals surface area contributed by atoms with Crippen LogP contribution in [0.4, 0.5) is 5.69 Å². The molecule has 1 fully saturated rings. The summed E-state index contributed by atoms with van der Waals surface area (Å²) in [7, 11) is 1.99. The maximum atomic E-state index is 14.0. The van der Waals surface area contributed by atoms with Gasteiger partial charge in [-0.15, -0.1) is 0 Å². The number of nitrogens with zero attached hydrogens (tertiary/aromatic N) is 2. The molecule has 5 nitrogen and oxygen atoms in total. The number of Topliss-reactive ketones (excluding diaryl/α,β-unsaturated/α-hetero) is 1. The van der Waals surface area contributed by atoms with Crippen molar-refractivity contribution in [3.05, 3.63) is 76.9 Å². The Kier molecular flexibility index (Phi) is 9.04. The quantitative estimate of drug-likeness (QED) is 0.252. The van der Waals surface area contributed by atoms with Crippen molar-refractivity contribution in [2.75, 3.05) is 38.1 Å². The summed E-state index contributed by atoms with van der Waals surface area (Å²) in [6.07, 6.45) is 6.68. The van der Waals surface area contributed by atoms with E-state index in [4.69, 9.17) is 5.73 Å². The minimum absolute atomic E-state index is 0.0572. The number of nitrogens with two attached hydrogens (primary N) is 1. The van der Waals surface area contributed by atoms with Crippen LogP contribution in [0.3, 0.4) is 0 Å². The van der Waals surface area contributed by atoms with Crippen LogP contribution >= 0.6 is 0 Å². The predicted octanol–water partition coefficient (Wildman–Crippen LogP) is 7.49. The van der Waals surface area contributed by atoms with Crippen LogP contribution in [0, 0.1) is 11.3 Å². The molecule has 3 aromatic rings. The summed E-state index contributed by atoms with van der Waals surface area (Å²) < 4.78 is 0. The van der Waals surface area contributed by atoms with Gasteiger partial charge in [0, 0.05) is 31.4 Å². The highest BCUT2D eigenvalue weighted by Crippen LogP contribution is 2.57. The largest absolute Gasteiger partial charge is 0.365 e. The van der Waals surface area contributed by atoms with Gasteiger partial charge in [0.25, 0.3) is 0 Å². The summed E-state index contributed by atoms with van der Waals surface area (Å²) in [6, 6.07) is 19.2. The van der Waals surface area contributed by atoms with Gasteiger partial charge in [0.05, 0.1) is 6.54 Å². The minimum atomic E-state index is 0.0572. The molecule has 0 spiro atoms. The highest BCUT2D eigenvalue weighted by atomic mass is 16.2. The lowest BCUT2D eigenvalue weighted by atomic mass is 9.49. The molecule has 5 rings (SSSR count). The fourth-order valence-electron chi connectivity index (χ4n) is 8.29. The van der Waals surface area contributed by atoms with E-state index in [0.717, 1.165) is 42.3 Å². The summed E-state index contributed by atoms with van der Waals surface area (Å²) in [6.45, 7) is 13.5. The lowest BCUT2D eigenvalue weighted by molar-refractivity contribution is -0.133. The number of amides is 1. The molecule has 5 heteroatoms. The van der Waals surface area contributed by atoms with Gasteiger partial charge >= 0.3 is 0 Å². The molecular weight excluding hydrogens is 530 g/mol. The first kappa shape index (κ1) is 31.3. The standard InChI is InChI=1S/C38H51N3O2/c1-26(2)28-12-15-34-32(21-28)13-16-35-37(4,17-7-18-38(34,35)5)25-41(20-8-19-39)36(43)24-40(6)33-14-11-30-22-29(27(3)42)9-10-31(30)23-33/h9-12,14-15,21-23,26,35H,7-8,13,16-20,24-25,39H2,1-6H3. The molecule has 0 saturated heterocycles. The number of fused-ring (bicyclic) bond motifs is 4. The molecule has 3 unspecified atom stereocenters. The lowest BCUT2D eigenvalue weighted by Gasteiger charge is -2.56. The Bertz CT molecular complexity index is 1500. The number of hydrogen-bond donors (Lipinski definition) is 1. The van der Waals surface area contributed by atoms with E-state index in [1.165, 1.54) is 24.8 Å². The third kappa shape index (κ3) is 6.24. The molecule has 2 N–H and O–H groups in total. The van der Waals surface area contributed by atoms with Crippen molar-refractivity contribution in [3.8, 4) is 0 Å². The summed E-state index contributed by atoms with van der Waals surface area (Å²) in [5, 5.41) is 2.09. The van der Waals surface area contributed by atoms with Crippen molar-refractivity contribution in [1.29, 1.82) is 0 Å². The van der Waals surface area contributed by atoms with Crippen LogP contribution < -0.4 is 10.6 Å². The second-order valence-electron chi connectivity index (χ2n) is 14.2. The Hall–Kier alpha value is -3.18. The van der Waals surface area contributed by atoms with E-state index in [1.54, 1.807) is 18.1 Å². The smallest absolute Gasteiger partial charge is 0.242 e. The first-order chi connectivity index (χ1) is 20.4. The molecule has 0 aliphatic heterocycles. The van der Waals surface area contributed by atoms with Crippen molar-refractivity contribution in [1.82, 2.24) is 4.90 Å². The molecule has 0 heterocycles. The van der Waals surface area contributed by atoms with Crippen molar-refractivity contribution < 1.29 is 9.59 Å². The molecule has 3 atom stereocenters. The van der Waals surface area contributed by atoms with Crippen molar-refractivity contribution in [2.45, 2.75) is 84.5 Å². The van der Waals surface area contributed by atoms with Crippen LogP contribution in [-0.4, -0.2) is 49.8 Å². The second kappa shape index (κ2) is 12.4. The van der Waals surface area contributed by atoms with Crippen molar-refractivity contribution >= 4 is 28.2 Å². The van der Waals surface area contributed by atoms with Gasteiger partial charge in [0.1, 0.15) is 0 Å². The maximum Gasteiger partial charge on any atom is 0.242 e. The van der Waals surface area contributed by atoms with Gasteiger partial charge in [-0.05, 0) is 114 Å². The first-order valence-corrected chi connectivity index (χ1v) is 16.3. The number of aryl methyl sites for hydroxylation is 1. The van der Waals surface area contributed by atoms with Gasteiger partial charge < -0.3 is 15.5 Å². The number of carbonyl (C=O) groups is 2. The van der Waals surface area contributed by atoms with E-state index in [1.807, 2.05) is 42.3 Å². The van der Waals surface area contributed by atoms with E-state index in [-0.39, 0.29) is 22.5 Å². The van der Waals surface area contributed by atoms with Crippen molar-refractivity contribution in [2.24, 2.45) is 17.1 Å². The van der Waals surface area contributed by atoms with Crippen LogP contribution in [-0.2, 0) is 16.6 Å². The molecular formula is C38H51N3O2. The Morgan fingerprint density at radius 1 is 1.00 bits per heavy atom. The molecule has 2 aliphatic rings. The molecule has 0 bridgehead atoms. The summed E-state index contributed by atoms with van der Waals surface area (Å²) in [4.78, 5) is 30.0. The highest BCUT2D eigenvalue weighted by molar-refractivity contribution is 5.99. The number of rotatable bonds is 10. The third-order valence-electron chi connectivity index (χ3n) is 10.7. The number of anilines is 1. The first-order valence-electron chi connectivity index (χ1n) is 16.3. The van der Waals surface area contributed by atoms with Gasteiger partial charge in [-0.1, -0.05) is 70.5 Å². The van der Waals surface area contributed by atoms with E-state index >= 15 is 0 Å². The van der Waals surface area contributed by atoms with Crippen LogP contribution in [0.15, 0.2) is 54.6 Å². The van der Waals surface area contributed by atoms with E-state index < -0.39 is 0 Å². The number of carbonyl (C=O) groups excluding carboxylic acids is 2. The Balaban J connectivity index is 1.35. The van der Waals surface area contributed by atoms with Crippen LogP contribution in [0.5, 0.6) is 0 Å². The Labute approximate surface area is 258 Å². The zero-order valence-electron chi connectivity index (χ0n) is 27.2.